The zero-order valence-corrected chi connectivity index (χ0v) is 21.3. The molecule has 0 fully saturated rings. The van der Waals surface area contributed by atoms with Crippen LogP contribution in [0.25, 0.3) is 0 Å². The number of allylic oxidation sites excluding steroid dienone is 14. The first kappa shape index (κ1) is 22.8. The van der Waals surface area contributed by atoms with Gasteiger partial charge >= 0.3 is 0 Å². The molecule has 0 aromatic rings. The monoisotopic (exact) mass is 442 g/mol. The van der Waals surface area contributed by atoms with Crippen molar-refractivity contribution in [2.45, 2.75) is 91.9 Å². The minimum Gasteiger partial charge on any atom is -0.466 e. The van der Waals surface area contributed by atoms with Crippen LogP contribution in [0, 0.1) is 23.2 Å². The van der Waals surface area contributed by atoms with E-state index in [2.05, 4.69) is 70.2 Å². The fourth-order valence-electron chi connectivity index (χ4n) is 6.99. The Bertz CT molecular complexity index is 1000. The van der Waals surface area contributed by atoms with E-state index in [0.717, 1.165) is 25.7 Å². The van der Waals surface area contributed by atoms with Crippen molar-refractivity contribution in [2.75, 3.05) is 0 Å². The van der Waals surface area contributed by atoms with Crippen LogP contribution in [0.2, 0.25) is 0 Å². The highest BCUT2D eigenvalue weighted by Crippen LogP contribution is 2.56. The first-order valence-electron chi connectivity index (χ1n) is 13.6. The predicted octanol–water partition coefficient (Wildman–Crippen LogP) is 9.29. The Morgan fingerprint density at radius 3 is 2.61 bits per heavy atom. The molecule has 0 amide bonds. The second kappa shape index (κ2) is 9.32. The average molecular weight is 443 g/mol. The van der Waals surface area contributed by atoms with Crippen molar-refractivity contribution in [3.05, 3.63) is 81.9 Å². The summed E-state index contributed by atoms with van der Waals surface area (Å²) in [7, 11) is 0. The molecule has 1 heteroatoms. The largest absolute Gasteiger partial charge is 0.466 e. The molecule has 0 spiro atoms. The quantitative estimate of drug-likeness (QED) is 0.385. The maximum atomic E-state index is 6.56. The summed E-state index contributed by atoms with van der Waals surface area (Å²) in [6.07, 6.45) is 28.8. The molecule has 3 atom stereocenters. The molecule has 0 aliphatic heterocycles. The van der Waals surface area contributed by atoms with E-state index in [9.17, 15) is 0 Å². The van der Waals surface area contributed by atoms with E-state index in [-0.39, 0.29) is 5.41 Å². The van der Waals surface area contributed by atoms with Crippen molar-refractivity contribution in [1.82, 2.24) is 0 Å². The molecule has 5 aliphatic rings. The highest BCUT2D eigenvalue weighted by Gasteiger charge is 2.44. The van der Waals surface area contributed by atoms with Gasteiger partial charge in [-0.3, -0.25) is 0 Å². The lowest BCUT2D eigenvalue weighted by Gasteiger charge is -2.31. The van der Waals surface area contributed by atoms with E-state index in [1.807, 2.05) is 0 Å². The minimum absolute atomic E-state index is 0.178. The van der Waals surface area contributed by atoms with Crippen molar-refractivity contribution in [3.8, 4) is 0 Å². The normalized spacial score (nSPS) is 30.7. The molecule has 0 N–H and O–H groups in total. The molecule has 5 aliphatic carbocycles. The van der Waals surface area contributed by atoms with Crippen molar-refractivity contribution in [3.63, 3.8) is 0 Å². The summed E-state index contributed by atoms with van der Waals surface area (Å²) in [4.78, 5) is 0. The van der Waals surface area contributed by atoms with Crippen LogP contribution in [-0.2, 0) is 4.74 Å². The zero-order chi connectivity index (χ0) is 23.0. The van der Waals surface area contributed by atoms with Crippen LogP contribution in [0.5, 0.6) is 0 Å². The summed E-state index contributed by atoms with van der Waals surface area (Å²) < 4.78 is 6.56. The van der Waals surface area contributed by atoms with Crippen LogP contribution in [-0.4, -0.2) is 0 Å². The van der Waals surface area contributed by atoms with Gasteiger partial charge in [0.05, 0.1) is 0 Å². The standard InChI is InChI=1S/C32H42O/c1-5-30-29(19-22(2)23-11-7-6-8-12-23)28-18-17-27(21-31(28)32(30,3)4)33-26-16-15-24-13-9-10-14-25(24)20-26/h7,9,11,13,19-23,30H,5-6,8,10,12,14-18H2,1-4H3/b29-19-. The second-order valence-corrected chi connectivity index (χ2v) is 11.4. The third kappa shape index (κ3) is 4.41. The minimum atomic E-state index is 0.178. The van der Waals surface area contributed by atoms with Gasteiger partial charge in [-0.15, -0.1) is 0 Å². The van der Waals surface area contributed by atoms with Crippen LogP contribution < -0.4 is 0 Å². The third-order valence-corrected chi connectivity index (χ3v) is 8.91. The van der Waals surface area contributed by atoms with Gasteiger partial charge in [0.15, 0.2) is 0 Å². The fraction of sp³-hybridized carbons (Fsp3) is 0.562. The zero-order valence-electron chi connectivity index (χ0n) is 21.3. The molecule has 0 radical (unpaired) electrons. The van der Waals surface area contributed by atoms with E-state index in [1.165, 1.54) is 61.2 Å². The van der Waals surface area contributed by atoms with E-state index in [4.69, 9.17) is 4.74 Å². The Labute approximate surface area is 201 Å². The van der Waals surface area contributed by atoms with Gasteiger partial charge in [0.1, 0.15) is 11.5 Å². The molecule has 0 aromatic heterocycles. The third-order valence-electron chi connectivity index (χ3n) is 8.91. The smallest absolute Gasteiger partial charge is 0.104 e. The van der Waals surface area contributed by atoms with Gasteiger partial charge in [-0.2, -0.15) is 0 Å². The van der Waals surface area contributed by atoms with Gasteiger partial charge < -0.3 is 4.74 Å². The summed E-state index contributed by atoms with van der Waals surface area (Å²) >= 11 is 0. The predicted molar refractivity (Wildman–Crippen MR) is 139 cm³/mol. The molecule has 0 heterocycles. The van der Waals surface area contributed by atoms with Gasteiger partial charge in [0.2, 0.25) is 0 Å². The van der Waals surface area contributed by atoms with Gasteiger partial charge in [-0.05, 0) is 115 Å². The van der Waals surface area contributed by atoms with Gasteiger partial charge in [-0.1, -0.05) is 58.1 Å². The summed E-state index contributed by atoms with van der Waals surface area (Å²) in [6.45, 7) is 9.75. The lowest BCUT2D eigenvalue weighted by atomic mass is 9.73. The highest BCUT2D eigenvalue weighted by molar-refractivity contribution is 5.55. The van der Waals surface area contributed by atoms with Crippen molar-refractivity contribution >= 4 is 0 Å². The first-order valence-corrected chi connectivity index (χ1v) is 13.6. The summed E-state index contributed by atoms with van der Waals surface area (Å²) in [5, 5.41) is 0. The molecule has 3 unspecified atom stereocenters. The summed E-state index contributed by atoms with van der Waals surface area (Å²) in [5.41, 5.74) is 8.03. The van der Waals surface area contributed by atoms with Gasteiger partial charge in [0, 0.05) is 12.8 Å². The lowest BCUT2D eigenvalue weighted by molar-refractivity contribution is 0.269. The molecular weight excluding hydrogens is 400 g/mol. The van der Waals surface area contributed by atoms with E-state index in [1.54, 1.807) is 16.7 Å². The molecule has 1 nitrogen and oxygen atoms in total. The van der Waals surface area contributed by atoms with Crippen LogP contribution in [0.1, 0.15) is 91.9 Å². The second-order valence-electron chi connectivity index (χ2n) is 11.4. The average Bonchev–Trinajstić information content (AvgIpc) is 3.04. The molecular formula is C32H42O. The Hall–Kier alpha value is -2.02. The van der Waals surface area contributed by atoms with Gasteiger partial charge in [0.25, 0.3) is 0 Å². The van der Waals surface area contributed by atoms with E-state index < -0.39 is 0 Å². The number of hydrogen-bond donors (Lipinski definition) is 0. The Kier molecular flexibility index (Phi) is 6.43. The van der Waals surface area contributed by atoms with Crippen LogP contribution in [0.3, 0.4) is 0 Å². The summed E-state index contributed by atoms with van der Waals surface area (Å²) in [5.74, 6) is 4.30. The summed E-state index contributed by atoms with van der Waals surface area (Å²) in [6, 6.07) is 0. The SMILES string of the molecule is CCC1/C(=C\C(C)C2C=CCCC2)C2=C(C=C(OC3=CC4=C(C=CCC4)CC3)CC2)C1(C)C. The van der Waals surface area contributed by atoms with Crippen LogP contribution in [0.15, 0.2) is 81.9 Å². The Balaban J connectivity index is 1.41. The fourth-order valence-corrected chi connectivity index (χ4v) is 6.99. The molecule has 0 saturated carbocycles. The molecule has 33 heavy (non-hydrogen) atoms. The molecule has 0 saturated heterocycles. The highest BCUT2D eigenvalue weighted by atomic mass is 16.5. The first-order chi connectivity index (χ1) is 16.0. The lowest BCUT2D eigenvalue weighted by Crippen LogP contribution is -2.22. The number of rotatable bonds is 5. The molecule has 0 bridgehead atoms. The molecule has 176 valence electrons. The Morgan fingerprint density at radius 1 is 1.00 bits per heavy atom. The van der Waals surface area contributed by atoms with Crippen molar-refractivity contribution in [2.24, 2.45) is 23.2 Å². The topological polar surface area (TPSA) is 9.23 Å². The Morgan fingerprint density at radius 2 is 1.82 bits per heavy atom. The van der Waals surface area contributed by atoms with Gasteiger partial charge in [-0.25, -0.2) is 0 Å². The van der Waals surface area contributed by atoms with E-state index >= 15 is 0 Å². The van der Waals surface area contributed by atoms with Crippen LogP contribution >= 0.6 is 0 Å². The van der Waals surface area contributed by atoms with Crippen molar-refractivity contribution in [1.29, 1.82) is 0 Å². The van der Waals surface area contributed by atoms with Crippen molar-refractivity contribution < 1.29 is 4.74 Å². The van der Waals surface area contributed by atoms with Crippen LogP contribution in [0.4, 0.5) is 0 Å². The number of hydrogen-bond acceptors (Lipinski definition) is 1. The maximum absolute atomic E-state index is 6.56. The molecule has 5 rings (SSSR count). The van der Waals surface area contributed by atoms with E-state index in [0.29, 0.717) is 17.8 Å². The molecule has 0 aromatic carbocycles. The maximum Gasteiger partial charge on any atom is 0.104 e. The number of ether oxygens (including phenoxy) is 1.